The third kappa shape index (κ3) is 3.76. The molecule has 0 amide bonds. The lowest BCUT2D eigenvalue weighted by Crippen LogP contribution is -2.51. The van der Waals surface area contributed by atoms with Crippen molar-refractivity contribution in [1.29, 1.82) is 0 Å². The number of halogens is 1. The summed E-state index contributed by atoms with van der Waals surface area (Å²) < 4.78 is 7.04. The topological polar surface area (TPSA) is 24.5 Å². The molecule has 3 nitrogen and oxygen atoms in total. The SMILES string of the molecule is CNC(Cc1cc(Br)cs1)C1CN(C)CCO1. The first-order valence-electron chi connectivity index (χ1n) is 5.89. The number of thiophene rings is 1. The molecule has 2 heterocycles. The standard InChI is InChI=1S/C12H19BrN2OS/c1-14-11(6-10-5-9(13)8-17-10)12-7-15(2)3-4-16-12/h5,8,11-12,14H,3-4,6-7H2,1-2H3. The second-order valence-corrected chi connectivity index (χ2v) is 6.41. The van der Waals surface area contributed by atoms with Gasteiger partial charge in [-0.1, -0.05) is 0 Å². The van der Waals surface area contributed by atoms with Crippen LogP contribution in [0.1, 0.15) is 4.88 Å². The number of morpholine rings is 1. The van der Waals surface area contributed by atoms with Gasteiger partial charge < -0.3 is 15.0 Å². The molecule has 2 rings (SSSR count). The zero-order valence-electron chi connectivity index (χ0n) is 10.3. The lowest BCUT2D eigenvalue weighted by atomic mass is 10.1. The van der Waals surface area contributed by atoms with Gasteiger partial charge in [-0.3, -0.25) is 0 Å². The second-order valence-electron chi connectivity index (χ2n) is 4.50. The zero-order valence-corrected chi connectivity index (χ0v) is 12.7. The number of nitrogens with one attached hydrogen (secondary N) is 1. The predicted octanol–water partition coefficient (Wildman–Crippen LogP) is 1.97. The molecule has 0 aliphatic carbocycles. The van der Waals surface area contributed by atoms with Gasteiger partial charge in [0.2, 0.25) is 0 Å². The van der Waals surface area contributed by atoms with E-state index in [4.69, 9.17) is 4.74 Å². The van der Waals surface area contributed by atoms with E-state index in [-0.39, 0.29) is 0 Å². The Kier molecular flexibility index (Phi) is 4.99. The maximum atomic E-state index is 5.87. The number of likely N-dealkylation sites (N-methyl/N-ethyl adjacent to an activating group) is 2. The molecule has 1 fully saturated rings. The van der Waals surface area contributed by atoms with Crippen molar-refractivity contribution >= 4 is 27.3 Å². The quantitative estimate of drug-likeness (QED) is 0.918. The highest BCUT2D eigenvalue weighted by Crippen LogP contribution is 2.22. The molecule has 1 aromatic heterocycles. The van der Waals surface area contributed by atoms with Crippen LogP contribution < -0.4 is 5.32 Å². The van der Waals surface area contributed by atoms with Gasteiger partial charge in [0.1, 0.15) is 0 Å². The van der Waals surface area contributed by atoms with Crippen molar-refractivity contribution in [2.24, 2.45) is 0 Å². The minimum Gasteiger partial charge on any atom is -0.374 e. The molecule has 0 radical (unpaired) electrons. The molecule has 0 saturated carbocycles. The fourth-order valence-corrected chi connectivity index (χ4v) is 3.66. The molecule has 0 spiro atoms. The average Bonchev–Trinajstić information content (AvgIpc) is 2.72. The first-order chi connectivity index (χ1) is 8.19. The fourth-order valence-electron chi connectivity index (χ4n) is 2.15. The summed E-state index contributed by atoms with van der Waals surface area (Å²) in [5, 5.41) is 5.52. The molecule has 1 saturated heterocycles. The molecular formula is C12H19BrN2OS. The number of rotatable bonds is 4. The summed E-state index contributed by atoms with van der Waals surface area (Å²) in [5.74, 6) is 0. The third-order valence-corrected chi connectivity index (χ3v) is 4.88. The van der Waals surface area contributed by atoms with E-state index in [9.17, 15) is 0 Å². The lowest BCUT2D eigenvalue weighted by Gasteiger charge is -2.35. The summed E-state index contributed by atoms with van der Waals surface area (Å²) in [6.45, 7) is 2.89. The van der Waals surface area contributed by atoms with Crippen molar-refractivity contribution < 1.29 is 4.74 Å². The van der Waals surface area contributed by atoms with E-state index >= 15 is 0 Å². The monoisotopic (exact) mass is 318 g/mol. The van der Waals surface area contributed by atoms with Gasteiger partial charge in [0, 0.05) is 33.9 Å². The van der Waals surface area contributed by atoms with Crippen LogP contribution in [0.4, 0.5) is 0 Å². The summed E-state index contributed by atoms with van der Waals surface area (Å²) in [6.07, 6.45) is 1.32. The van der Waals surface area contributed by atoms with Crippen LogP contribution in [0.15, 0.2) is 15.9 Å². The van der Waals surface area contributed by atoms with Gasteiger partial charge in [-0.15, -0.1) is 11.3 Å². The van der Waals surface area contributed by atoms with Gasteiger partial charge in [-0.2, -0.15) is 0 Å². The Labute approximate surface area is 115 Å². The van der Waals surface area contributed by atoms with Crippen LogP contribution in [0.5, 0.6) is 0 Å². The van der Waals surface area contributed by atoms with Gasteiger partial charge in [-0.25, -0.2) is 0 Å². The lowest BCUT2D eigenvalue weighted by molar-refractivity contribution is -0.0370. The van der Waals surface area contributed by atoms with E-state index in [1.54, 1.807) is 11.3 Å². The molecular weight excluding hydrogens is 300 g/mol. The van der Waals surface area contributed by atoms with Crippen LogP contribution in [-0.2, 0) is 11.2 Å². The zero-order chi connectivity index (χ0) is 12.3. The molecule has 1 aromatic rings. The third-order valence-electron chi connectivity index (χ3n) is 3.16. The minimum atomic E-state index is 0.291. The van der Waals surface area contributed by atoms with Crippen molar-refractivity contribution in [3.8, 4) is 0 Å². The van der Waals surface area contributed by atoms with Crippen molar-refractivity contribution in [3.05, 3.63) is 20.8 Å². The maximum absolute atomic E-state index is 5.87. The van der Waals surface area contributed by atoms with Crippen LogP contribution >= 0.6 is 27.3 Å². The molecule has 1 N–H and O–H groups in total. The highest BCUT2D eigenvalue weighted by Gasteiger charge is 2.26. The molecule has 2 unspecified atom stereocenters. The number of ether oxygens (including phenoxy) is 1. The molecule has 0 aromatic carbocycles. The number of hydrogen-bond acceptors (Lipinski definition) is 4. The number of hydrogen-bond donors (Lipinski definition) is 1. The van der Waals surface area contributed by atoms with Gasteiger partial charge in [0.15, 0.2) is 0 Å². The van der Waals surface area contributed by atoms with E-state index in [1.807, 2.05) is 7.05 Å². The maximum Gasteiger partial charge on any atom is 0.0858 e. The molecule has 96 valence electrons. The Hall–Kier alpha value is 0.0600. The van der Waals surface area contributed by atoms with Crippen molar-refractivity contribution in [2.45, 2.75) is 18.6 Å². The van der Waals surface area contributed by atoms with Crippen molar-refractivity contribution in [1.82, 2.24) is 10.2 Å². The fraction of sp³-hybridized carbons (Fsp3) is 0.667. The highest BCUT2D eigenvalue weighted by molar-refractivity contribution is 9.10. The van der Waals surface area contributed by atoms with E-state index in [2.05, 4.69) is 44.6 Å². The molecule has 2 atom stereocenters. The van der Waals surface area contributed by atoms with E-state index in [0.29, 0.717) is 12.1 Å². The van der Waals surface area contributed by atoms with Crippen LogP contribution in [0.2, 0.25) is 0 Å². The summed E-state index contributed by atoms with van der Waals surface area (Å²) in [6, 6.07) is 2.59. The first-order valence-corrected chi connectivity index (χ1v) is 7.56. The highest BCUT2D eigenvalue weighted by atomic mass is 79.9. The molecule has 5 heteroatoms. The first kappa shape index (κ1) is 13.5. The van der Waals surface area contributed by atoms with Crippen LogP contribution in [0.3, 0.4) is 0 Å². The van der Waals surface area contributed by atoms with Gasteiger partial charge in [0.05, 0.1) is 12.7 Å². The van der Waals surface area contributed by atoms with E-state index in [1.165, 1.54) is 9.35 Å². The Morgan fingerprint density at radius 3 is 3.12 bits per heavy atom. The van der Waals surface area contributed by atoms with Crippen LogP contribution in [0.25, 0.3) is 0 Å². The van der Waals surface area contributed by atoms with E-state index in [0.717, 1.165) is 26.1 Å². The Bertz CT molecular complexity index is 358. The van der Waals surface area contributed by atoms with Crippen LogP contribution in [-0.4, -0.2) is 50.8 Å². The largest absolute Gasteiger partial charge is 0.374 e. The van der Waals surface area contributed by atoms with Crippen LogP contribution in [0, 0.1) is 0 Å². The summed E-state index contributed by atoms with van der Waals surface area (Å²) >= 11 is 5.30. The minimum absolute atomic E-state index is 0.291. The predicted molar refractivity (Wildman–Crippen MR) is 75.8 cm³/mol. The normalized spacial score (nSPS) is 23.8. The van der Waals surface area contributed by atoms with Gasteiger partial charge >= 0.3 is 0 Å². The number of nitrogens with zero attached hydrogens (tertiary/aromatic N) is 1. The Morgan fingerprint density at radius 2 is 2.53 bits per heavy atom. The Balaban J connectivity index is 1.95. The molecule has 17 heavy (non-hydrogen) atoms. The van der Waals surface area contributed by atoms with Crippen molar-refractivity contribution in [3.63, 3.8) is 0 Å². The average molecular weight is 319 g/mol. The van der Waals surface area contributed by atoms with Crippen molar-refractivity contribution in [2.75, 3.05) is 33.8 Å². The summed E-state index contributed by atoms with van der Waals surface area (Å²) in [5.41, 5.74) is 0. The summed E-state index contributed by atoms with van der Waals surface area (Å²) in [7, 11) is 4.18. The summed E-state index contributed by atoms with van der Waals surface area (Å²) in [4.78, 5) is 3.73. The van der Waals surface area contributed by atoms with Gasteiger partial charge in [0.25, 0.3) is 0 Å². The molecule has 1 aliphatic heterocycles. The smallest absolute Gasteiger partial charge is 0.0858 e. The molecule has 1 aliphatic rings. The van der Waals surface area contributed by atoms with Gasteiger partial charge in [-0.05, 0) is 42.5 Å². The van der Waals surface area contributed by atoms with E-state index < -0.39 is 0 Å². The Morgan fingerprint density at radius 1 is 1.71 bits per heavy atom. The second kappa shape index (κ2) is 6.29. The molecule has 0 bridgehead atoms.